The van der Waals surface area contributed by atoms with E-state index in [0.29, 0.717) is 5.92 Å². The van der Waals surface area contributed by atoms with E-state index in [4.69, 9.17) is 14.9 Å². The third-order valence-corrected chi connectivity index (χ3v) is 9.38. The van der Waals surface area contributed by atoms with Crippen molar-refractivity contribution in [3.05, 3.63) is 118 Å². The highest BCUT2D eigenvalue weighted by atomic mass is 16.5. The molecule has 9 rings (SSSR count). The molecular weight excluding hydrogens is 492 g/mol. The number of fused-ring (bicyclic) bond motifs is 9. The molecule has 2 aromatic heterocycles. The minimum atomic E-state index is 0.0764. The number of nitrogens with zero attached hydrogens (tertiary/aromatic N) is 1. The molecule has 3 heterocycles. The van der Waals surface area contributed by atoms with Gasteiger partial charge in [-0.05, 0) is 72.7 Å². The predicted octanol–water partition coefficient (Wildman–Crippen LogP) is 8.05. The summed E-state index contributed by atoms with van der Waals surface area (Å²) in [6, 6.07) is 15.2. The van der Waals surface area contributed by atoms with Crippen LogP contribution in [0.4, 0.5) is 5.69 Å². The van der Waals surface area contributed by atoms with Crippen LogP contribution in [0.3, 0.4) is 0 Å². The molecule has 196 valence electrons. The molecule has 4 aliphatic carbocycles. The molecule has 4 nitrogen and oxygen atoms in total. The monoisotopic (exact) mass is 522 g/mol. The van der Waals surface area contributed by atoms with E-state index in [0.717, 1.165) is 67.2 Å². The van der Waals surface area contributed by atoms with Gasteiger partial charge in [0, 0.05) is 46.5 Å². The average molecular weight is 523 g/mol. The Morgan fingerprint density at radius 3 is 2.75 bits per heavy atom. The summed E-state index contributed by atoms with van der Waals surface area (Å²) < 4.78 is 15.5. The van der Waals surface area contributed by atoms with E-state index in [2.05, 4.69) is 83.5 Å². The van der Waals surface area contributed by atoms with Gasteiger partial charge in [-0.1, -0.05) is 54.6 Å². The number of rotatable bonds is 2. The van der Waals surface area contributed by atoms with E-state index in [-0.39, 0.29) is 6.10 Å². The molecule has 5 aliphatic rings. The van der Waals surface area contributed by atoms with Crippen LogP contribution in [0.5, 0.6) is 0 Å². The molecule has 4 heteroatoms. The second kappa shape index (κ2) is 8.28. The first-order valence-electron chi connectivity index (χ1n) is 14.5. The van der Waals surface area contributed by atoms with Gasteiger partial charge in [-0.15, -0.1) is 0 Å². The Hall–Kier alpha value is -4.44. The van der Waals surface area contributed by atoms with Crippen LogP contribution in [0.1, 0.15) is 58.7 Å². The van der Waals surface area contributed by atoms with Crippen molar-refractivity contribution in [3.63, 3.8) is 0 Å². The largest absolute Gasteiger partial charge is 0.483 e. The molecule has 0 bridgehead atoms. The van der Waals surface area contributed by atoms with Gasteiger partial charge in [-0.25, -0.2) is 0 Å². The summed E-state index contributed by atoms with van der Waals surface area (Å²) in [6.45, 7) is 0. The maximum Gasteiger partial charge on any atom is 0.144 e. The summed E-state index contributed by atoms with van der Waals surface area (Å²) in [6.07, 6.45) is 21.7. The van der Waals surface area contributed by atoms with E-state index in [1.807, 2.05) is 6.07 Å². The summed E-state index contributed by atoms with van der Waals surface area (Å²) in [4.78, 5) is 0. The fourth-order valence-corrected chi connectivity index (χ4v) is 7.57. The van der Waals surface area contributed by atoms with Crippen molar-refractivity contribution >= 4 is 40.1 Å². The molecule has 0 saturated carbocycles. The highest BCUT2D eigenvalue weighted by Crippen LogP contribution is 2.50. The molecule has 0 saturated heterocycles. The summed E-state index contributed by atoms with van der Waals surface area (Å²) >= 11 is 0. The number of aryl methyl sites for hydroxylation is 3. The van der Waals surface area contributed by atoms with Crippen molar-refractivity contribution in [2.24, 2.45) is 5.92 Å². The molecule has 2 N–H and O–H groups in total. The Morgan fingerprint density at radius 1 is 0.875 bits per heavy atom. The van der Waals surface area contributed by atoms with E-state index < -0.39 is 0 Å². The van der Waals surface area contributed by atoms with Crippen LogP contribution >= 0.6 is 0 Å². The molecule has 2 unspecified atom stereocenters. The molecule has 0 radical (unpaired) electrons. The lowest BCUT2D eigenvalue weighted by molar-refractivity contribution is 0.211. The Morgan fingerprint density at radius 2 is 1.77 bits per heavy atom. The number of allylic oxidation sites excluding steroid dienone is 4. The minimum Gasteiger partial charge on any atom is -0.483 e. The fraction of sp³-hybridized carbons (Fsp3) is 0.222. The third kappa shape index (κ3) is 3.08. The minimum absolute atomic E-state index is 0.0764. The van der Waals surface area contributed by atoms with Crippen LogP contribution < -0.4 is 5.73 Å². The number of nitrogens with two attached hydrogens (primary N) is 1. The lowest BCUT2D eigenvalue weighted by atomic mass is 9.84. The molecule has 4 aromatic rings. The highest BCUT2D eigenvalue weighted by Gasteiger charge is 2.40. The van der Waals surface area contributed by atoms with Gasteiger partial charge in [-0.2, -0.15) is 0 Å². The van der Waals surface area contributed by atoms with Gasteiger partial charge in [-0.3, -0.25) is 0 Å². The van der Waals surface area contributed by atoms with E-state index in [9.17, 15) is 0 Å². The zero-order chi connectivity index (χ0) is 26.4. The molecule has 1 aliphatic heterocycles. The maximum absolute atomic E-state index is 6.76. The third-order valence-electron chi connectivity index (χ3n) is 9.38. The first-order valence-corrected chi connectivity index (χ1v) is 14.5. The van der Waals surface area contributed by atoms with Crippen LogP contribution in [0.25, 0.3) is 40.1 Å². The average Bonchev–Trinajstić information content (AvgIpc) is 3.66. The van der Waals surface area contributed by atoms with Crippen LogP contribution in [0, 0.1) is 5.92 Å². The van der Waals surface area contributed by atoms with Gasteiger partial charge < -0.3 is 19.5 Å². The Balaban J connectivity index is 1.29. The van der Waals surface area contributed by atoms with Crippen molar-refractivity contribution in [1.82, 2.24) is 4.57 Å². The van der Waals surface area contributed by atoms with Gasteiger partial charge in [0.25, 0.3) is 0 Å². The van der Waals surface area contributed by atoms with Crippen molar-refractivity contribution in [2.75, 3.05) is 5.73 Å². The standard InChI is InChI=1S/C36H30N2O2/c37-22-14-15-23(21-13-18-34-29(19-21)26-9-3-5-11-32(26)39-34)31(20-22)38-30-10-4-1-7-24(30)27-16-17-28-25-8-2-6-12-33(25)40-36(28)35(27)38/h1-4,6-10,12,14-15,19-20,25,33H,5,11,13,16-18,37H2. The Bertz CT molecular complexity index is 1900. The molecule has 40 heavy (non-hydrogen) atoms. The van der Waals surface area contributed by atoms with Crippen LogP contribution in [-0.2, 0) is 24.0 Å². The van der Waals surface area contributed by atoms with E-state index in [1.165, 1.54) is 50.0 Å². The first-order chi connectivity index (χ1) is 19.7. The molecule has 0 amide bonds. The molecular formula is C36H30N2O2. The quantitative estimate of drug-likeness (QED) is 0.271. The first kappa shape index (κ1) is 22.4. The summed E-state index contributed by atoms with van der Waals surface area (Å²) in [5, 5.41) is 1.30. The van der Waals surface area contributed by atoms with E-state index in [1.54, 1.807) is 0 Å². The summed E-state index contributed by atoms with van der Waals surface area (Å²) in [5.41, 5.74) is 18.7. The lowest BCUT2D eigenvalue weighted by Gasteiger charge is -2.23. The van der Waals surface area contributed by atoms with Crippen molar-refractivity contribution in [3.8, 4) is 5.69 Å². The van der Waals surface area contributed by atoms with Crippen LogP contribution in [0.2, 0.25) is 0 Å². The van der Waals surface area contributed by atoms with Crippen molar-refractivity contribution < 1.29 is 9.15 Å². The second-order valence-corrected chi connectivity index (χ2v) is 11.6. The number of aromatic nitrogens is 1. The van der Waals surface area contributed by atoms with Gasteiger partial charge >= 0.3 is 0 Å². The number of ether oxygens (including phenoxy) is 1. The molecule has 0 fully saturated rings. The summed E-state index contributed by atoms with van der Waals surface area (Å²) in [5.74, 6) is 3.64. The predicted molar refractivity (Wildman–Crippen MR) is 162 cm³/mol. The zero-order valence-corrected chi connectivity index (χ0v) is 22.3. The summed E-state index contributed by atoms with van der Waals surface area (Å²) in [7, 11) is 0. The van der Waals surface area contributed by atoms with Gasteiger partial charge in [0.2, 0.25) is 0 Å². The van der Waals surface area contributed by atoms with Crippen LogP contribution in [-0.4, -0.2) is 10.7 Å². The van der Waals surface area contributed by atoms with E-state index >= 15 is 0 Å². The zero-order valence-electron chi connectivity index (χ0n) is 22.3. The van der Waals surface area contributed by atoms with Crippen molar-refractivity contribution in [2.45, 2.75) is 44.6 Å². The Labute approximate surface area is 233 Å². The number of furan rings is 1. The smallest absolute Gasteiger partial charge is 0.144 e. The van der Waals surface area contributed by atoms with Gasteiger partial charge in [0.1, 0.15) is 23.4 Å². The van der Waals surface area contributed by atoms with Gasteiger partial charge in [0.15, 0.2) is 0 Å². The maximum atomic E-state index is 6.76. The number of anilines is 1. The number of hydrogen-bond donors (Lipinski definition) is 1. The molecule has 2 aromatic carbocycles. The highest BCUT2D eigenvalue weighted by molar-refractivity contribution is 5.96. The topological polar surface area (TPSA) is 53.3 Å². The number of benzene rings is 2. The number of para-hydroxylation sites is 1. The fourth-order valence-electron chi connectivity index (χ4n) is 7.57. The molecule has 0 spiro atoms. The van der Waals surface area contributed by atoms with Crippen molar-refractivity contribution in [1.29, 1.82) is 0 Å². The lowest BCUT2D eigenvalue weighted by Crippen LogP contribution is -2.16. The van der Waals surface area contributed by atoms with Gasteiger partial charge in [0.05, 0.1) is 16.9 Å². The SMILES string of the molecule is Nc1ccc(C2=Cc3c(oc4c3C=CCC4)CC2)c(-n2c3c(c4ccccc42)CCC2=C3OC3C=CC=CC23)c1. The second-order valence-electron chi connectivity index (χ2n) is 11.6. The Kier molecular flexibility index (Phi) is 4.63. The number of hydrogen-bond acceptors (Lipinski definition) is 3. The normalized spacial score (nSPS) is 21.9. The molecule has 2 atom stereocenters. The number of nitrogen functional groups attached to an aromatic ring is 1. The van der Waals surface area contributed by atoms with Crippen LogP contribution in [0.15, 0.2) is 82.8 Å².